The van der Waals surface area contributed by atoms with Gasteiger partial charge in [0.1, 0.15) is 11.4 Å². The normalized spacial score (nSPS) is 15.0. The van der Waals surface area contributed by atoms with Gasteiger partial charge in [0.25, 0.3) is 5.91 Å². The van der Waals surface area contributed by atoms with Crippen molar-refractivity contribution in [1.29, 1.82) is 0 Å². The van der Waals surface area contributed by atoms with Crippen LogP contribution in [0, 0.1) is 5.82 Å². The van der Waals surface area contributed by atoms with Crippen LogP contribution in [0.3, 0.4) is 0 Å². The summed E-state index contributed by atoms with van der Waals surface area (Å²) < 4.78 is 19.0. The summed E-state index contributed by atoms with van der Waals surface area (Å²) in [6, 6.07) is 3.83. The summed E-state index contributed by atoms with van der Waals surface area (Å²) in [5, 5.41) is 5.47. The summed E-state index contributed by atoms with van der Waals surface area (Å²) >= 11 is 3.21. The minimum atomic E-state index is -0.549. The van der Waals surface area contributed by atoms with E-state index in [1.54, 1.807) is 25.7 Å². The molecule has 0 bridgehead atoms. The first-order valence-electron chi connectivity index (χ1n) is 9.55. The monoisotopic (exact) mass is 471 g/mol. The topological polar surface area (TPSA) is 87.7 Å². The average molecular weight is 472 g/mol. The van der Waals surface area contributed by atoms with Crippen LogP contribution in [0.2, 0.25) is 0 Å². The maximum absolute atomic E-state index is 13.3. The Kier molecular flexibility index (Phi) is 8.01. The Balaban J connectivity index is 1.71. The molecule has 1 aromatic carbocycles. The smallest absolute Gasteiger partial charge is 0.407 e. The van der Waals surface area contributed by atoms with Crippen molar-refractivity contribution in [3.8, 4) is 0 Å². The fourth-order valence-electron chi connectivity index (χ4n) is 2.96. The van der Waals surface area contributed by atoms with Crippen molar-refractivity contribution in [2.24, 2.45) is 0 Å². The molecule has 1 aliphatic rings. The first kappa shape index (κ1) is 23.1. The molecule has 1 saturated heterocycles. The van der Waals surface area contributed by atoms with Crippen molar-refractivity contribution in [3.63, 3.8) is 0 Å². The van der Waals surface area contributed by atoms with E-state index in [1.165, 1.54) is 12.1 Å². The van der Waals surface area contributed by atoms with Crippen LogP contribution in [0.4, 0.5) is 9.18 Å². The van der Waals surface area contributed by atoms with Gasteiger partial charge in [0.15, 0.2) is 0 Å². The maximum Gasteiger partial charge on any atom is 0.407 e. The molecular weight excluding hydrogens is 445 g/mol. The zero-order valence-electron chi connectivity index (χ0n) is 16.9. The van der Waals surface area contributed by atoms with Gasteiger partial charge in [0, 0.05) is 36.6 Å². The number of nitrogens with zero attached hydrogens (tertiary/aromatic N) is 1. The van der Waals surface area contributed by atoms with E-state index in [0.29, 0.717) is 30.4 Å². The highest BCUT2D eigenvalue weighted by Crippen LogP contribution is 2.18. The number of benzene rings is 1. The Morgan fingerprint density at radius 3 is 2.52 bits per heavy atom. The third kappa shape index (κ3) is 7.64. The average Bonchev–Trinajstić information content (AvgIpc) is 2.62. The van der Waals surface area contributed by atoms with E-state index in [9.17, 15) is 18.8 Å². The van der Waals surface area contributed by atoms with Gasteiger partial charge in [-0.15, -0.1) is 0 Å². The first-order chi connectivity index (χ1) is 13.5. The van der Waals surface area contributed by atoms with E-state index in [2.05, 4.69) is 26.6 Å². The zero-order chi connectivity index (χ0) is 21.6. The summed E-state index contributed by atoms with van der Waals surface area (Å²) in [4.78, 5) is 38.0. The lowest BCUT2D eigenvalue weighted by molar-refractivity contribution is -0.132. The summed E-state index contributed by atoms with van der Waals surface area (Å²) in [6.07, 6.45) is 0.998. The lowest BCUT2D eigenvalue weighted by Gasteiger charge is -2.33. The lowest BCUT2D eigenvalue weighted by atomic mass is 10.0. The van der Waals surface area contributed by atoms with Crippen molar-refractivity contribution in [3.05, 3.63) is 34.1 Å². The van der Waals surface area contributed by atoms with Crippen LogP contribution in [-0.2, 0) is 9.53 Å². The molecule has 0 atom stereocenters. The molecule has 1 heterocycles. The first-order valence-corrected chi connectivity index (χ1v) is 10.3. The van der Waals surface area contributed by atoms with Gasteiger partial charge in [-0.05, 0) is 67.7 Å². The number of alkyl carbamates (subject to hydrolysis) is 1. The Labute approximate surface area is 178 Å². The maximum atomic E-state index is 13.3. The Bertz CT molecular complexity index is 759. The number of hydrogen-bond acceptors (Lipinski definition) is 4. The van der Waals surface area contributed by atoms with Crippen molar-refractivity contribution < 1.29 is 23.5 Å². The fraction of sp³-hybridized carbons (Fsp3) is 0.550. The van der Waals surface area contributed by atoms with Crippen LogP contribution in [0.1, 0.15) is 50.4 Å². The van der Waals surface area contributed by atoms with Crippen molar-refractivity contribution in [2.45, 2.75) is 51.7 Å². The second-order valence-corrected chi connectivity index (χ2v) is 8.79. The molecule has 0 unspecified atom stereocenters. The molecule has 9 heteroatoms. The summed E-state index contributed by atoms with van der Waals surface area (Å²) in [5.41, 5.74) is -0.363. The number of nitrogens with one attached hydrogen (secondary N) is 2. The third-order valence-corrected chi connectivity index (χ3v) is 5.06. The van der Waals surface area contributed by atoms with Gasteiger partial charge in [-0.3, -0.25) is 9.59 Å². The van der Waals surface area contributed by atoms with Gasteiger partial charge < -0.3 is 20.3 Å². The number of ether oxygens (including phenoxy) is 1. The van der Waals surface area contributed by atoms with E-state index in [-0.39, 0.29) is 30.5 Å². The van der Waals surface area contributed by atoms with Gasteiger partial charge in [0.2, 0.25) is 5.91 Å². The highest BCUT2D eigenvalue weighted by Gasteiger charge is 2.25. The van der Waals surface area contributed by atoms with E-state index in [0.717, 1.165) is 6.07 Å². The number of piperidine rings is 1. The molecule has 0 radical (unpaired) electrons. The van der Waals surface area contributed by atoms with Crippen LogP contribution >= 0.6 is 15.9 Å². The molecule has 7 nitrogen and oxygen atoms in total. The van der Waals surface area contributed by atoms with Crippen LogP contribution in [0.15, 0.2) is 22.7 Å². The SMILES string of the molecule is CC(C)(C)OC(=O)NC1CCN(C(=O)CCNC(=O)c2cc(F)ccc2Br)CC1. The highest BCUT2D eigenvalue weighted by molar-refractivity contribution is 9.10. The minimum absolute atomic E-state index is 0.0288. The summed E-state index contributed by atoms with van der Waals surface area (Å²) in [5.74, 6) is -1.01. The number of amides is 3. The van der Waals surface area contributed by atoms with Crippen molar-refractivity contribution in [2.75, 3.05) is 19.6 Å². The van der Waals surface area contributed by atoms with Gasteiger partial charge in [-0.2, -0.15) is 0 Å². The molecule has 3 amide bonds. The van der Waals surface area contributed by atoms with Crippen LogP contribution in [0.25, 0.3) is 0 Å². The van der Waals surface area contributed by atoms with Crippen LogP contribution < -0.4 is 10.6 Å². The summed E-state index contributed by atoms with van der Waals surface area (Å²) in [7, 11) is 0. The highest BCUT2D eigenvalue weighted by atomic mass is 79.9. The second kappa shape index (κ2) is 10.0. The lowest BCUT2D eigenvalue weighted by Crippen LogP contribution is -2.48. The molecule has 2 N–H and O–H groups in total. The van der Waals surface area contributed by atoms with E-state index >= 15 is 0 Å². The summed E-state index contributed by atoms with van der Waals surface area (Å²) in [6.45, 7) is 6.64. The largest absolute Gasteiger partial charge is 0.444 e. The zero-order valence-corrected chi connectivity index (χ0v) is 18.5. The molecule has 160 valence electrons. The number of likely N-dealkylation sites (tertiary alicyclic amines) is 1. The van der Waals surface area contributed by atoms with E-state index < -0.39 is 23.4 Å². The number of halogens is 2. The van der Waals surface area contributed by atoms with Crippen molar-refractivity contribution >= 4 is 33.8 Å². The molecule has 0 saturated carbocycles. The standard InChI is InChI=1S/C20H27BrFN3O4/c1-20(2,3)29-19(28)24-14-7-10-25(11-8-14)17(26)6-9-23-18(27)15-12-13(22)4-5-16(15)21/h4-5,12,14H,6-11H2,1-3H3,(H,23,27)(H,24,28). The Morgan fingerprint density at radius 2 is 1.90 bits per heavy atom. The number of rotatable bonds is 5. The second-order valence-electron chi connectivity index (χ2n) is 7.93. The Hall–Kier alpha value is -2.16. The van der Waals surface area contributed by atoms with Crippen LogP contribution in [-0.4, -0.2) is 54.1 Å². The predicted octanol–water partition coefficient (Wildman–Crippen LogP) is 3.22. The number of carbonyl (C=O) groups excluding carboxylic acids is 3. The molecule has 2 rings (SSSR count). The molecule has 1 aliphatic heterocycles. The molecule has 29 heavy (non-hydrogen) atoms. The fourth-order valence-corrected chi connectivity index (χ4v) is 3.38. The third-order valence-electron chi connectivity index (χ3n) is 4.37. The van der Waals surface area contributed by atoms with Gasteiger partial charge in [0.05, 0.1) is 5.56 Å². The molecule has 0 aliphatic carbocycles. The van der Waals surface area contributed by atoms with E-state index in [4.69, 9.17) is 4.74 Å². The van der Waals surface area contributed by atoms with Crippen molar-refractivity contribution in [1.82, 2.24) is 15.5 Å². The number of hydrogen-bond donors (Lipinski definition) is 2. The molecular formula is C20H27BrFN3O4. The van der Waals surface area contributed by atoms with Gasteiger partial charge >= 0.3 is 6.09 Å². The molecule has 1 fully saturated rings. The van der Waals surface area contributed by atoms with E-state index in [1.807, 2.05) is 0 Å². The Morgan fingerprint density at radius 1 is 1.24 bits per heavy atom. The number of carbonyl (C=O) groups is 3. The van der Waals surface area contributed by atoms with Crippen LogP contribution in [0.5, 0.6) is 0 Å². The minimum Gasteiger partial charge on any atom is -0.444 e. The molecule has 1 aromatic rings. The molecule has 0 aromatic heterocycles. The predicted molar refractivity (Wildman–Crippen MR) is 110 cm³/mol. The quantitative estimate of drug-likeness (QED) is 0.689. The van der Waals surface area contributed by atoms with Gasteiger partial charge in [-0.25, -0.2) is 9.18 Å². The molecule has 0 spiro atoms. The van der Waals surface area contributed by atoms with Gasteiger partial charge in [-0.1, -0.05) is 0 Å².